The summed E-state index contributed by atoms with van der Waals surface area (Å²) < 4.78 is 2.12. The van der Waals surface area contributed by atoms with Gasteiger partial charge in [0.15, 0.2) is 10.8 Å². The van der Waals surface area contributed by atoms with E-state index in [1.165, 1.54) is 12.8 Å². The Morgan fingerprint density at radius 1 is 1.39 bits per heavy atom. The summed E-state index contributed by atoms with van der Waals surface area (Å²) in [4.78, 5) is 8.19. The summed E-state index contributed by atoms with van der Waals surface area (Å²) in [6.45, 7) is 7.42. The standard InChI is InChI=1S/C13H20N4S/c1-13(2)3-5-16(6-4-13)11-10(9-14)17-7-8-18-12(17)15-11/h7-8H,3-6,9,14H2,1-2H3. The van der Waals surface area contributed by atoms with Crippen molar-refractivity contribution in [1.29, 1.82) is 0 Å². The van der Waals surface area contributed by atoms with Gasteiger partial charge in [-0.15, -0.1) is 11.3 Å². The number of thiazole rings is 1. The lowest BCUT2D eigenvalue weighted by Gasteiger charge is -2.37. The highest BCUT2D eigenvalue weighted by molar-refractivity contribution is 7.15. The second-order valence-electron chi connectivity index (χ2n) is 5.79. The molecular weight excluding hydrogens is 244 g/mol. The van der Waals surface area contributed by atoms with E-state index in [2.05, 4.69) is 34.7 Å². The predicted octanol–water partition coefficient (Wildman–Crippen LogP) is 2.48. The van der Waals surface area contributed by atoms with Crippen molar-refractivity contribution in [3.8, 4) is 0 Å². The Labute approximate surface area is 111 Å². The van der Waals surface area contributed by atoms with Crippen molar-refractivity contribution in [2.24, 2.45) is 11.1 Å². The van der Waals surface area contributed by atoms with Gasteiger partial charge in [0.05, 0.1) is 5.69 Å². The van der Waals surface area contributed by atoms with Crippen LogP contribution in [-0.4, -0.2) is 22.5 Å². The number of hydrogen-bond acceptors (Lipinski definition) is 4. The number of rotatable bonds is 2. The molecule has 1 fully saturated rings. The molecule has 0 saturated carbocycles. The number of fused-ring (bicyclic) bond motifs is 1. The number of anilines is 1. The molecule has 2 N–H and O–H groups in total. The monoisotopic (exact) mass is 264 g/mol. The van der Waals surface area contributed by atoms with E-state index in [1.54, 1.807) is 11.3 Å². The lowest BCUT2D eigenvalue weighted by Crippen LogP contribution is -2.38. The molecule has 1 saturated heterocycles. The smallest absolute Gasteiger partial charge is 0.195 e. The first kappa shape index (κ1) is 12.0. The predicted molar refractivity (Wildman–Crippen MR) is 76.2 cm³/mol. The minimum Gasteiger partial charge on any atom is -0.355 e. The number of piperidine rings is 1. The molecule has 0 aliphatic carbocycles. The van der Waals surface area contributed by atoms with Gasteiger partial charge in [-0.05, 0) is 18.3 Å². The maximum atomic E-state index is 5.90. The summed E-state index contributed by atoms with van der Waals surface area (Å²) in [5.74, 6) is 1.10. The average molecular weight is 264 g/mol. The molecule has 0 atom stereocenters. The maximum Gasteiger partial charge on any atom is 0.195 e. The van der Waals surface area contributed by atoms with Crippen LogP contribution in [0.3, 0.4) is 0 Å². The average Bonchev–Trinajstić information content (AvgIpc) is 2.88. The second-order valence-corrected chi connectivity index (χ2v) is 6.67. The Bertz CT molecular complexity index is 544. The minimum absolute atomic E-state index is 0.469. The first-order valence-electron chi connectivity index (χ1n) is 6.50. The normalized spacial score (nSPS) is 19.6. The van der Waals surface area contributed by atoms with E-state index in [9.17, 15) is 0 Å². The lowest BCUT2D eigenvalue weighted by molar-refractivity contribution is 0.279. The number of aromatic nitrogens is 2. The quantitative estimate of drug-likeness (QED) is 0.906. The van der Waals surface area contributed by atoms with E-state index in [4.69, 9.17) is 10.7 Å². The lowest BCUT2D eigenvalue weighted by atomic mass is 9.83. The molecule has 18 heavy (non-hydrogen) atoms. The Morgan fingerprint density at radius 2 is 2.11 bits per heavy atom. The number of imidazole rings is 1. The third kappa shape index (κ3) is 1.91. The third-order valence-corrected chi connectivity index (χ3v) is 4.71. The van der Waals surface area contributed by atoms with Crippen LogP contribution >= 0.6 is 11.3 Å². The van der Waals surface area contributed by atoms with E-state index in [-0.39, 0.29) is 0 Å². The molecule has 3 heterocycles. The summed E-state index contributed by atoms with van der Waals surface area (Å²) >= 11 is 1.67. The molecule has 0 spiro atoms. The fourth-order valence-electron chi connectivity index (χ4n) is 2.59. The molecule has 2 aromatic heterocycles. The minimum atomic E-state index is 0.469. The summed E-state index contributed by atoms with van der Waals surface area (Å²) in [5, 5.41) is 2.06. The Hall–Kier alpha value is -1.07. The van der Waals surface area contributed by atoms with Gasteiger partial charge in [-0.25, -0.2) is 4.98 Å². The molecule has 0 radical (unpaired) electrons. The van der Waals surface area contributed by atoms with Crippen LogP contribution in [0.2, 0.25) is 0 Å². The molecule has 0 bridgehead atoms. The van der Waals surface area contributed by atoms with Crippen molar-refractivity contribution in [3.05, 3.63) is 17.3 Å². The van der Waals surface area contributed by atoms with E-state index in [0.717, 1.165) is 29.6 Å². The summed E-state index contributed by atoms with van der Waals surface area (Å²) in [5.41, 5.74) is 7.51. The maximum absolute atomic E-state index is 5.90. The van der Waals surface area contributed by atoms with Crippen molar-refractivity contribution in [3.63, 3.8) is 0 Å². The van der Waals surface area contributed by atoms with Gasteiger partial charge in [0.25, 0.3) is 0 Å². The van der Waals surface area contributed by atoms with E-state index in [0.29, 0.717) is 12.0 Å². The van der Waals surface area contributed by atoms with Crippen molar-refractivity contribution >= 4 is 22.1 Å². The summed E-state index contributed by atoms with van der Waals surface area (Å²) in [6, 6.07) is 0. The second kappa shape index (κ2) is 4.24. The van der Waals surface area contributed by atoms with Gasteiger partial charge in [0, 0.05) is 31.2 Å². The van der Waals surface area contributed by atoms with Crippen LogP contribution < -0.4 is 10.6 Å². The molecular formula is C13H20N4S. The van der Waals surface area contributed by atoms with Crippen molar-refractivity contribution in [2.75, 3.05) is 18.0 Å². The Balaban J connectivity index is 1.92. The summed E-state index contributed by atoms with van der Waals surface area (Å²) in [6.07, 6.45) is 4.51. The zero-order valence-corrected chi connectivity index (χ0v) is 11.8. The van der Waals surface area contributed by atoms with E-state index < -0.39 is 0 Å². The zero-order chi connectivity index (χ0) is 12.8. The molecule has 4 nitrogen and oxygen atoms in total. The number of nitrogens with two attached hydrogens (primary N) is 1. The van der Waals surface area contributed by atoms with Crippen molar-refractivity contribution < 1.29 is 0 Å². The highest BCUT2D eigenvalue weighted by Gasteiger charge is 2.28. The van der Waals surface area contributed by atoms with Crippen LogP contribution in [0.15, 0.2) is 11.6 Å². The van der Waals surface area contributed by atoms with Crippen molar-refractivity contribution in [2.45, 2.75) is 33.2 Å². The highest BCUT2D eigenvalue weighted by Crippen LogP contribution is 2.33. The molecule has 0 amide bonds. The zero-order valence-electron chi connectivity index (χ0n) is 11.0. The first-order valence-corrected chi connectivity index (χ1v) is 7.38. The molecule has 2 aromatic rings. The largest absolute Gasteiger partial charge is 0.355 e. The van der Waals surface area contributed by atoms with Crippen LogP contribution in [0.1, 0.15) is 32.4 Å². The van der Waals surface area contributed by atoms with Gasteiger partial charge in [0.1, 0.15) is 0 Å². The van der Waals surface area contributed by atoms with Crippen LogP contribution in [0.5, 0.6) is 0 Å². The highest BCUT2D eigenvalue weighted by atomic mass is 32.1. The summed E-state index contributed by atoms with van der Waals surface area (Å²) in [7, 11) is 0. The van der Waals surface area contributed by atoms with Crippen LogP contribution in [0.4, 0.5) is 5.82 Å². The van der Waals surface area contributed by atoms with Gasteiger partial charge >= 0.3 is 0 Å². The SMILES string of the molecule is CC1(C)CCN(c2nc3sccn3c2CN)CC1. The molecule has 0 unspecified atom stereocenters. The molecule has 5 heteroatoms. The van der Waals surface area contributed by atoms with Gasteiger partial charge < -0.3 is 10.6 Å². The fourth-order valence-corrected chi connectivity index (χ4v) is 3.32. The van der Waals surface area contributed by atoms with Crippen LogP contribution in [0, 0.1) is 5.41 Å². The van der Waals surface area contributed by atoms with Gasteiger partial charge in [0.2, 0.25) is 0 Å². The van der Waals surface area contributed by atoms with Crippen LogP contribution in [-0.2, 0) is 6.54 Å². The number of nitrogens with zero attached hydrogens (tertiary/aromatic N) is 3. The van der Waals surface area contributed by atoms with Crippen molar-refractivity contribution in [1.82, 2.24) is 9.38 Å². The molecule has 3 rings (SSSR count). The third-order valence-electron chi connectivity index (χ3n) is 3.95. The topological polar surface area (TPSA) is 46.6 Å². The van der Waals surface area contributed by atoms with Crippen LogP contribution in [0.25, 0.3) is 4.96 Å². The number of hydrogen-bond donors (Lipinski definition) is 1. The molecule has 1 aliphatic rings. The van der Waals surface area contributed by atoms with E-state index in [1.807, 2.05) is 0 Å². The molecule has 1 aliphatic heterocycles. The molecule has 98 valence electrons. The van der Waals surface area contributed by atoms with Gasteiger partial charge in [-0.1, -0.05) is 13.8 Å². The first-order chi connectivity index (χ1) is 8.61. The molecule has 0 aromatic carbocycles. The fraction of sp³-hybridized carbons (Fsp3) is 0.615. The Kier molecular flexibility index (Phi) is 2.83. The van der Waals surface area contributed by atoms with Gasteiger partial charge in [-0.3, -0.25) is 4.40 Å². The van der Waals surface area contributed by atoms with Gasteiger partial charge in [-0.2, -0.15) is 0 Å². The Morgan fingerprint density at radius 3 is 2.78 bits per heavy atom. The van der Waals surface area contributed by atoms with E-state index >= 15 is 0 Å².